The molecule has 0 amide bonds. The monoisotopic (exact) mass is 248 g/mol. The Morgan fingerprint density at radius 1 is 1.35 bits per heavy atom. The molecule has 0 spiro atoms. The average Bonchev–Trinajstić information content (AvgIpc) is 3.11. The first-order chi connectivity index (χ1) is 8.22. The van der Waals surface area contributed by atoms with E-state index >= 15 is 0 Å². The normalized spacial score (nSPS) is 15.2. The summed E-state index contributed by atoms with van der Waals surface area (Å²) in [6.45, 7) is 2.68. The second kappa shape index (κ2) is 4.15. The second-order valence-electron chi connectivity index (χ2n) is 4.51. The van der Waals surface area contributed by atoms with Crippen LogP contribution in [0, 0.1) is 12.8 Å². The van der Waals surface area contributed by atoms with Crippen molar-refractivity contribution in [2.45, 2.75) is 19.8 Å². The van der Waals surface area contributed by atoms with E-state index in [2.05, 4.69) is 9.97 Å². The van der Waals surface area contributed by atoms with E-state index in [1.807, 2.05) is 25.1 Å². The Morgan fingerprint density at radius 3 is 2.94 bits per heavy atom. The molecule has 3 rings (SSSR count). The van der Waals surface area contributed by atoms with Gasteiger partial charge in [0.1, 0.15) is 0 Å². The van der Waals surface area contributed by atoms with Gasteiger partial charge in [0.05, 0.1) is 17.8 Å². The van der Waals surface area contributed by atoms with Crippen molar-refractivity contribution in [3.05, 3.63) is 28.9 Å². The largest absolute Gasteiger partial charge is 0.463 e. The molecule has 0 N–H and O–H groups in total. The summed E-state index contributed by atoms with van der Waals surface area (Å²) in [5, 5.41) is 1.69. The van der Waals surface area contributed by atoms with Crippen molar-refractivity contribution >= 4 is 22.5 Å². The SMILES string of the molecule is Cc1nc(OCC2CC2)nc2ccc(Cl)cc12. The van der Waals surface area contributed by atoms with Gasteiger partial charge in [0.15, 0.2) is 0 Å². The molecule has 1 aromatic heterocycles. The molecule has 0 atom stereocenters. The topological polar surface area (TPSA) is 35.0 Å². The quantitative estimate of drug-likeness (QED) is 0.835. The zero-order chi connectivity index (χ0) is 11.8. The van der Waals surface area contributed by atoms with E-state index in [0.717, 1.165) is 23.2 Å². The third kappa shape index (κ3) is 2.34. The Balaban J connectivity index is 1.95. The van der Waals surface area contributed by atoms with Crippen LogP contribution in [0.25, 0.3) is 10.9 Å². The van der Waals surface area contributed by atoms with E-state index in [4.69, 9.17) is 16.3 Å². The van der Waals surface area contributed by atoms with Gasteiger partial charge in [-0.3, -0.25) is 0 Å². The molecule has 1 aromatic carbocycles. The van der Waals surface area contributed by atoms with Crippen LogP contribution in [0.4, 0.5) is 0 Å². The fourth-order valence-electron chi connectivity index (χ4n) is 1.77. The number of halogens is 1. The van der Waals surface area contributed by atoms with Crippen LogP contribution in [0.2, 0.25) is 5.02 Å². The smallest absolute Gasteiger partial charge is 0.317 e. The maximum absolute atomic E-state index is 5.95. The van der Waals surface area contributed by atoms with Crippen molar-refractivity contribution < 1.29 is 4.74 Å². The lowest BCUT2D eigenvalue weighted by molar-refractivity contribution is 0.277. The fraction of sp³-hybridized carbons (Fsp3) is 0.385. The van der Waals surface area contributed by atoms with Crippen LogP contribution >= 0.6 is 11.6 Å². The molecule has 1 fully saturated rings. The first kappa shape index (κ1) is 10.8. The molecule has 0 radical (unpaired) electrons. The van der Waals surface area contributed by atoms with Crippen LogP contribution in [0.5, 0.6) is 6.01 Å². The maximum Gasteiger partial charge on any atom is 0.317 e. The summed E-state index contributed by atoms with van der Waals surface area (Å²) in [5.41, 5.74) is 1.79. The average molecular weight is 249 g/mol. The third-order valence-electron chi connectivity index (χ3n) is 2.97. The highest BCUT2D eigenvalue weighted by atomic mass is 35.5. The van der Waals surface area contributed by atoms with Gasteiger partial charge in [0, 0.05) is 10.4 Å². The van der Waals surface area contributed by atoms with Gasteiger partial charge in [0.25, 0.3) is 0 Å². The summed E-state index contributed by atoms with van der Waals surface area (Å²) in [7, 11) is 0. The Labute approximate surface area is 105 Å². The molecule has 88 valence electrons. The van der Waals surface area contributed by atoms with Gasteiger partial charge in [-0.1, -0.05) is 11.6 Å². The first-order valence-electron chi connectivity index (χ1n) is 5.79. The Bertz CT molecular complexity index is 567. The molecule has 0 unspecified atom stereocenters. The minimum atomic E-state index is 0.476. The number of benzene rings is 1. The van der Waals surface area contributed by atoms with Crippen molar-refractivity contribution in [3.63, 3.8) is 0 Å². The van der Waals surface area contributed by atoms with E-state index in [0.29, 0.717) is 17.0 Å². The highest BCUT2D eigenvalue weighted by Gasteiger charge is 2.22. The second-order valence-corrected chi connectivity index (χ2v) is 4.94. The molecule has 1 saturated carbocycles. The molecule has 0 saturated heterocycles. The first-order valence-corrected chi connectivity index (χ1v) is 6.17. The minimum absolute atomic E-state index is 0.476. The molecule has 17 heavy (non-hydrogen) atoms. The van der Waals surface area contributed by atoms with Crippen molar-refractivity contribution in [2.75, 3.05) is 6.61 Å². The van der Waals surface area contributed by atoms with Crippen molar-refractivity contribution in [2.24, 2.45) is 5.92 Å². The van der Waals surface area contributed by atoms with Crippen LogP contribution in [-0.4, -0.2) is 16.6 Å². The van der Waals surface area contributed by atoms with Gasteiger partial charge in [-0.2, -0.15) is 9.97 Å². The van der Waals surface area contributed by atoms with E-state index < -0.39 is 0 Å². The molecule has 0 aliphatic heterocycles. The number of aromatic nitrogens is 2. The summed E-state index contributed by atoms with van der Waals surface area (Å²) < 4.78 is 5.59. The Kier molecular flexibility index (Phi) is 2.63. The molecule has 1 aliphatic rings. The number of hydrogen-bond donors (Lipinski definition) is 0. The summed E-state index contributed by atoms with van der Waals surface area (Å²) in [6, 6.07) is 6.10. The van der Waals surface area contributed by atoms with Crippen molar-refractivity contribution in [1.29, 1.82) is 0 Å². The Morgan fingerprint density at radius 2 is 2.18 bits per heavy atom. The van der Waals surface area contributed by atoms with E-state index in [-0.39, 0.29) is 0 Å². The fourth-order valence-corrected chi connectivity index (χ4v) is 1.94. The number of rotatable bonds is 3. The van der Waals surface area contributed by atoms with Crippen LogP contribution in [0.1, 0.15) is 18.5 Å². The molecule has 3 nitrogen and oxygen atoms in total. The van der Waals surface area contributed by atoms with Gasteiger partial charge in [-0.15, -0.1) is 0 Å². The van der Waals surface area contributed by atoms with Crippen LogP contribution < -0.4 is 4.74 Å². The lowest BCUT2D eigenvalue weighted by atomic mass is 10.2. The predicted molar refractivity (Wildman–Crippen MR) is 67.5 cm³/mol. The number of aryl methyl sites for hydroxylation is 1. The molecule has 0 bridgehead atoms. The van der Waals surface area contributed by atoms with E-state index in [1.54, 1.807) is 0 Å². The molecule has 1 aliphatic carbocycles. The van der Waals surface area contributed by atoms with Crippen molar-refractivity contribution in [1.82, 2.24) is 9.97 Å². The van der Waals surface area contributed by atoms with E-state index in [9.17, 15) is 0 Å². The van der Waals surface area contributed by atoms with Gasteiger partial charge >= 0.3 is 6.01 Å². The lowest BCUT2D eigenvalue weighted by Crippen LogP contribution is -2.03. The van der Waals surface area contributed by atoms with E-state index in [1.165, 1.54) is 12.8 Å². The zero-order valence-electron chi connectivity index (χ0n) is 9.61. The molecule has 1 heterocycles. The molecule has 2 aromatic rings. The molecular weight excluding hydrogens is 236 g/mol. The zero-order valence-corrected chi connectivity index (χ0v) is 10.4. The summed E-state index contributed by atoms with van der Waals surface area (Å²) in [6.07, 6.45) is 2.53. The van der Waals surface area contributed by atoms with Gasteiger partial charge in [0.2, 0.25) is 0 Å². The van der Waals surface area contributed by atoms with Crippen LogP contribution in [0.3, 0.4) is 0 Å². The van der Waals surface area contributed by atoms with Gasteiger partial charge in [-0.05, 0) is 43.9 Å². The number of hydrogen-bond acceptors (Lipinski definition) is 3. The highest BCUT2D eigenvalue weighted by Crippen LogP contribution is 2.29. The maximum atomic E-state index is 5.95. The third-order valence-corrected chi connectivity index (χ3v) is 3.21. The summed E-state index contributed by atoms with van der Waals surface area (Å²) in [5.74, 6) is 0.708. The van der Waals surface area contributed by atoms with Crippen molar-refractivity contribution in [3.8, 4) is 6.01 Å². The highest BCUT2D eigenvalue weighted by molar-refractivity contribution is 6.31. The molecule has 4 heteroatoms. The Hall–Kier alpha value is -1.35. The summed E-state index contributed by atoms with van der Waals surface area (Å²) in [4.78, 5) is 8.74. The molecular formula is C13H13ClN2O. The van der Waals surface area contributed by atoms with Crippen LogP contribution in [0.15, 0.2) is 18.2 Å². The summed E-state index contributed by atoms with van der Waals surface area (Å²) >= 11 is 5.95. The van der Waals surface area contributed by atoms with Crippen LogP contribution in [-0.2, 0) is 0 Å². The number of fused-ring (bicyclic) bond motifs is 1. The number of ether oxygens (including phenoxy) is 1. The standard InChI is InChI=1S/C13H13ClN2O/c1-8-11-6-10(14)4-5-12(11)16-13(15-8)17-7-9-2-3-9/h4-6,9H,2-3,7H2,1H3. The van der Waals surface area contributed by atoms with Gasteiger partial charge in [-0.25, -0.2) is 0 Å². The number of nitrogens with zero attached hydrogens (tertiary/aromatic N) is 2. The van der Waals surface area contributed by atoms with Gasteiger partial charge < -0.3 is 4.74 Å². The minimum Gasteiger partial charge on any atom is -0.463 e. The lowest BCUT2D eigenvalue weighted by Gasteiger charge is -2.06. The predicted octanol–water partition coefficient (Wildman–Crippen LogP) is 3.38.